The minimum absolute atomic E-state index is 0.208. The summed E-state index contributed by atoms with van der Waals surface area (Å²) in [7, 11) is 3.93. The lowest BCUT2D eigenvalue weighted by Crippen LogP contribution is -2.19. The Kier molecular flexibility index (Phi) is 5.52. The minimum Gasteiger partial charge on any atom is -0.378 e. The summed E-state index contributed by atoms with van der Waals surface area (Å²) in [5.41, 5.74) is 7.33. The standard InChI is InChI=1S/C19H23N3O/c1-5-15-6-8-16(9-7-15)14(2)20-21-19(23)17-10-12-18(13-11-17)22(3)4/h6-13H,5H2,1-4H3,(H,21,23). The zero-order chi connectivity index (χ0) is 16.8. The van der Waals surface area contributed by atoms with Gasteiger partial charge in [-0.3, -0.25) is 4.79 Å². The van der Waals surface area contributed by atoms with Gasteiger partial charge >= 0.3 is 0 Å². The lowest BCUT2D eigenvalue weighted by Gasteiger charge is -2.12. The summed E-state index contributed by atoms with van der Waals surface area (Å²) in [5, 5.41) is 4.19. The lowest BCUT2D eigenvalue weighted by atomic mass is 10.1. The van der Waals surface area contributed by atoms with Crippen LogP contribution in [0.15, 0.2) is 53.6 Å². The van der Waals surface area contributed by atoms with Gasteiger partial charge in [-0.25, -0.2) is 5.43 Å². The van der Waals surface area contributed by atoms with E-state index in [4.69, 9.17) is 0 Å². The number of rotatable bonds is 5. The van der Waals surface area contributed by atoms with Gasteiger partial charge in [0.15, 0.2) is 0 Å². The number of hydrogen-bond donors (Lipinski definition) is 1. The van der Waals surface area contributed by atoms with Crippen molar-refractivity contribution in [1.82, 2.24) is 5.43 Å². The molecule has 120 valence electrons. The summed E-state index contributed by atoms with van der Waals surface area (Å²) >= 11 is 0. The normalized spacial score (nSPS) is 11.2. The van der Waals surface area contributed by atoms with Crippen LogP contribution in [-0.2, 0) is 6.42 Å². The number of amides is 1. The van der Waals surface area contributed by atoms with Gasteiger partial charge in [-0.1, -0.05) is 31.2 Å². The molecule has 2 aromatic rings. The van der Waals surface area contributed by atoms with Gasteiger partial charge in [-0.2, -0.15) is 5.10 Å². The molecule has 0 aliphatic carbocycles. The number of aryl methyl sites for hydroxylation is 1. The van der Waals surface area contributed by atoms with E-state index < -0.39 is 0 Å². The number of anilines is 1. The molecule has 0 bridgehead atoms. The average Bonchev–Trinajstić information content (AvgIpc) is 2.59. The second-order valence-electron chi connectivity index (χ2n) is 5.63. The molecule has 0 saturated carbocycles. The summed E-state index contributed by atoms with van der Waals surface area (Å²) in [6.07, 6.45) is 1.01. The predicted molar refractivity (Wildman–Crippen MR) is 96.3 cm³/mol. The van der Waals surface area contributed by atoms with E-state index in [9.17, 15) is 4.79 Å². The smallest absolute Gasteiger partial charge is 0.271 e. The van der Waals surface area contributed by atoms with E-state index in [0.717, 1.165) is 23.4 Å². The molecule has 2 aromatic carbocycles. The molecule has 0 aromatic heterocycles. The van der Waals surface area contributed by atoms with Gasteiger partial charge in [0.05, 0.1) is 5.71 Å². The van der Waals surface area contributed by atoms with E-state index in [1.54, 1.807) is 12.1 Å². The van der Waals surface area contributed by atoms with E-state index in [1.807, 2.05) is 50.2 Å². The zero-order valence-corrected chi connectivity index (χ0v) is 14.1. The van der Waals surface area contributed by atoms with Crippen LogP contribution in [-0.4, -0.2) is 25.7 Å². The van der Waals surface area contributed by atoms with Gasteiger partial charge in [0.25, 0.3) is 5.91 Å². The highest BCUT2D eigenvalue weighted by Crippen LogP contribution is 2.12. The first-order valence-electron chi connectivity index (χ1n) is 7.72. The number of nitrogens with zero attached hydrogens (tertiary/aromatic N) is 2. The summed E-state index contributed by atoms with van der Waals surface area (Å²) in [5.74, 6) is -0.208. The van der Waals surface area contributed by atoms with Crippen LogP contribution in [0.5, 0.6) is 0 Å². The fraction of sp³-hybridized carbons (Fsp3) is 0.263. The van der Waals surface area contributed by atoms with Crippen molar-refractivity contribution >= 4 is 17.3 Å². The molecule has 23 heavy (non-hydrogen) atoms. The molecule has 4 heteroatoms. The summed E-state index contributed by atoms with van der Waals surface area (Å²) in [6.45, 7) is 4.01. The van der Waals surface area contributed by atoms with Crippen LogP contribution in [0.2, 0.25) is 0 Å². The topological polar surface area (TPSA) is 44.7 Å². The van der Waals surface area contributed by atoms with Crippen LogP contribution in [0.3, 0.4) is 0 Å². The van der Waals surface area contributed by atoms with Crippen molar-refractivity contribution in [3.63, 3.8) is 0 Å². The van der Waals surface area contributed by atoms with Gasteiger partial charge < -0.3 is 4.90 Å². The lowest BCUT2D eigenvalue weighted by molar-refractivity contribution is 0.0955. The van der Waals surface area contributed by atoms with Gasteiger partial charge in [0, 0.05) is 25.3 Å². The molecule has 0 aliphatic rings. The van der Waals surface area contributed by atoms with Crippen LogP contribution in [0.25, 0.3) is 0 Å². The number of carbonyl (C=O) groups excluding carboxylic acids is 1. The number of hydrogen-bond acceptors (Lipinski definition) is 3. The highest BCUT2D eigenvalue weighted by atomic mass is 16.2. The molecule has 0 radical (unpaired) electrons. The minimum atomic E-state index is -0.208. The fourth-order valence-electron chi connectivity index (χ4n) is 2.16. The van der Waals surface area contributed by atoms with Crippen LogP contribution < -0.4 is 10.3 Å². The predicted octanol–water partition coefficient (Wildman–Crippen LogP) is 3.47. The number of nitrogens with one attached hydrogen (secondary N) is 1. The Morgan fingerprint density at radius 3 is 2.09 bits per heavy atom. The SMILES string of the molecule is CCc1ccc(C(C)=NNC(=O)c2ccc(N(C)C)cc2)cc1. The molecule has 0 heterocycles. The van der Waals surface area contributed by atoms with E-state index in [1.165, 1.54) is 5.56 Å². The molecule has 0 atom stereocenters. The molecule has 0 unspecified atom stereocenters. The Hall–Kier alpha value is -2.62. The zero-order valence-electron chi connectivity index (χ0n) is 14.1. The molecule has 2 rings (SSSR count). The second-order valence-corrected chi connectivity index (χ2v) is 5.63. The molecule has 0 spiro atoms. The first-order valence-corrected chi connectivity index (χ1v) is 7.72. The van der Waals surface area contributed by atoms with E-state index >= 15 is 0 Å². The first-order chi connectivity index (χ1) is 11.0. The van der Waals surface area contributed by atoms with Crippen LogP contribution >= 0.6 is 0 Å². The van der Waals surface area contributed by atoms with E-state index in [2.05, 4.69) is 29.6 Å². The van der Waals surface area contributed by atoms with Gasteiger partial charge in [-0.15, -0.1) is 0 Å². The summed E-state index contributed by atoms with van der Waals surface area (Å²) in [4.78, 5) is 14.1. The largest absolute Gasteiger partial charge is 0.378 e. The maximum atomic E-state index is 12.1. The van der Waals surface area contributed by atoms with E-state index in [0.29, 0.717) is 5.56 Å². The van der Waals surface area contributed by atoms with Gasteiger partial charge in [0.1, 0.15) is 0 Å². The molecular weight excluding hydrogens is 286 g/mol. The molecule has 4 nitrogen and oxygen atoms in total. The van der Waals surface area contributed by atoms with Crippen molar-refractivity contribution in [3.8, 4) is 0 Å². The van der Waals surface area contributed by atoms with Crippen LogP contribution in [0, 0.1) is 0 Å². The first kappa shape index (κ1) is 16.7. The monoisotopic (exact) mass is 309 g/mol. The molecule has 1 N–H and O–H groups in total. The Labute approximate surface area is 137 Å². The highest BCUT2D eigenvalue weighted by molar-refractivity contribution is 6.00. The Bertz CT molecular complexity index is 686. The number of hydrazone groups is 1. The average molecular weight is 309 g/mol. The Balaban J connectivity index is 2.04. The van der Waals surface area contributed by atoms with Crippen LogP contribution in [0.1, 0.15) is 35.3 Å². The summed E-state index contributed by atoms with van der Waals surface area (Å²) < 4.78 is 0. The quantitative estimate of drug-likeness (QED) is 0.679. The summed E-state index contributed by atoms with van der Waals surface area (Å²) in [6, 6.07) is 15.6. The van der Waals surface area contributed by atoms with Crippen molar-refractivity contribution in [2.24, 2.45) is 5.10 Å². The molecule has 0 aliphatic heterocycles. The van der Waals surface area contributed by atoms with Crippen molar-refractivity contribution < 1.29 is 4.79 Å². The highest BCUT2D eigenvalue weighted by Gasteiger charge is 2.05. The third-order valence-corrected chi connectivity index (χ3v) is 3.75. The maximum absolute atomic E-state index is 12.1. The Morgan fingerprint density at radius 2 is 1.57 bits per heavy atom. The van der Waals surface area contributed by atoms with Crippen molar-refractivity contribution in [3.05, 3.63) is 65.2 Å². The third kappa shape index (κ3) is 4.42. The molecule has 0 fully saturated rings. The fourth-order valence-corrected chi connectivity index (χ4v) is 2.16. The van der Waals surface area contributed by atoms with Gasteiger partial charge in [0.2, 0.25) is 0 Å². The van der Waals surface area contributed by atoms with Crippen LogP contribution in [0.4, 0.5) is 5.69 Å². The Morgan fingerprint density at radius 1 is 1.00 bits per heavy atom. The second kappa shape index (κ2) is 7.58. The van der Waals surface area contributed by atoms with Gasteiger partial charge in [-0.05, 0) is 48.7 Å². The molecule has 0 saturated heterocycles. The van der Waals surface area contributed by atoms with Crippen molar-refractivity contribution in [2.75, 3.05) is 19.0 Å². The number of carbonyl (C=O) groups is 1. The third-order valence-electron chi connectivity index (χ3n) is 3.75. The molecule has 1 amide bonds. The molecular formula is C19H23N3O. The van der Waals surface area contributed by atoms with Crippen molar-refractivity contribution in [1.29, 1.82) is 0 Å². The van der Waals surface area contributed by atoms with E-state index in [-0.39, 0.29) is 5.91 Å². The maximum Gasteiger partial charge on any atom is 0.271 e. The number of benzene rings is 2. The van der Waals surface area contributed by atoms with Crippen molar-refractivity contribution in [2.45, 2.75) is 20.3 Å².